The van der Waals surface area contributed by atoms with E-state index in [4.69, 9.17) is 0 Å². The molecule has 1 amide bonds. The molecule has 0 aliphatic heterocycles. The largest absolute Gasteiger partial charge is 0.271 e. The van der Waals surface area contributed by atoms with Gasteiger partial charge in [0, 0.05) is 22.2 Å². The maximum atomic E-state index is 11.9. The lowest BCUT2D eigenvalue weighted by atomic mass is 10.1. The van der Waals surface area contributed by atoms with E-state index in [1.165, 1.54) is 24.3 Å². The molecule has 0 aliphatic rings. The number of carbonyl (C=O) groups excluding carboxylic acids is 1. The Morgan fingerprint density at radius 2 is 1.64 bits per heavy atom. The molecule has 0 radical (unpaired) electrons. The van der Waals surface area contributed by atoms with E-state index < -0.39 is 10.8 Å². The van der Waals surface area contributed by atoms with Crippen molar-refractivity contribution in [2.45, 2.75) is 6.92 Å². The van der Waals surface area contributed by atoms with Crippen LogP contribution in [-0.2, 0) is 0 Å². The zero-order chi connectivity index (χ0) is 16.1. The maximum absolute atomic E-state index is 11.9. The van der Waals surface area contributed by atoms with Crippen LogP contribution in [-0.4, -0.2) is 16.5 Å². The zero-order valence-electron chi connectivity index (χ0n) is 11.6. The Kier molecular flexibility index (Phi) is 5.00. The average Bonchev–Trinajstić information content (AvgIpc) is 2.53. The Bertz CT molecular complexity index is 725. The third-order valence-electron chi connectivity index (χ3n) is 2.93. The van der Waals surface area contributed by atoms with E-state index in [1.54, 1.807) is 6.92 Å². The van der Waals surface area contributed by atoms with Gasteiger partial charge in [-0.15, -0.1) is 0 Å². The van der Waals surface area contributed by atoms with E-state index in [2.05, 4.69) is 26.5 Å². The summed E-state index contributed by atoms with van der Waals surface area (Å²) in [5, 5.41) is 14.6. The highest BCUT2D eigenvalue weighted by Crippen LogP contribution is 2.12. The average molecular weight is 362 g/mol. The predicted octanol–water partition coefficient (Wildman–Crippen LogP) is 3.51. The number of hydrazone groups is 1. The number of carbonyl (C=O) groups is 1. The van der Waals surface area contributed by atoms with Gasteiger partial charge in [-0.1, -0.05) is 28.1 Å². The highest BCUT2D eigenvalue weighted by atomic mass is 79.9. The monoisotopic (exact) mass is 361 g/mol. The van der Waals surface area contributed by atoms with Gasteiger partial charge in [-0.25, -0.2) is 5.43 Å². The van der Waals surface area contributed by atoms with Gasteiger partial charge in [-0.3, -0.25) is 14.9 Å². The number of nitrogens with one attached hydrogen (secondary N) is 1. The highest BCUT2D eigenvalue weighted by Gasteiger charge is 2.09. The summed E-state index contributed by atoms with van der Waals surface area (Å²) in [5.74, 6) is -0.425. The number of nitro groups is 1. The molecule has 22 heavy (non-hydrogen) atoms. The molecule has 0 fully saturated rings. The van der Waals surface area contributed by atoms with Crippen molar-refractivity contribution in [1.29, 1.82) is 0 Å². The van der Waals surface area contributed by atoms with Crippen LogP contribution in [0.5, 0.6) is 0 Å². The first-order valence-electron chi connectivity index (χ1n) is 6.32. The third kappa shape index (κ3) is 3.98. The minimum atomic E-state index is -0.516. The van der Waals surface area contributed by atoms with Gasteiger partial charge in [-0.05, 0) is 36.8 Å². The summed E-state index contributed by atoms with van der Waals surface area (Å²) in [4.78, 5) is 22.0. The zero-order valence-corrected chi connectivity index (χ0v) is 13.2. The van der Waals surface area contributed by atoms with Crippen molar-refractivity contribution in [3.63, 3.8) is 0 Å². The molecule has 2 aromatic carbocycles. The number of hydrogen-bond donors (Lipinski definition) is 1. The summed E-state index contributed by atoms with van der Waals surface area (Å²) in [6.07, 6.45) is 0. The minimum Gasteiger partial charge on any atom is -0.267 e. The molecule has 0 spiro atoms. The van der Waals surface area contributed by atoms with Crippen molar-refractivity contribution < 1.29 is 9.72 Å². The highest BCUT2D eigenvalue weighted by molar-refractivity contribution is 9.10. The quantitative estimate of drug-likeness (QED) is 0.513. The summed E-state index contributed by atoms with van der Waals surface area (Å²) in [6.45, 7) is 1.78. The van der Waals surface area contributed by atoms with Gasteiger partial charge in [-0.2, -0.15) is 5.10 Å². The van der Waals surface area contributed by atoms with E-state index in [0.717, 1.165) is 10.0 Å². The van der Waals surface area contributed by atoms with E-state index in [-0.39, 0.29) is 5.69 Å². The van der Waals surface area contributed by atoms with Gasteiger partial charge >= 0.3 is 0 Å². The Morgan fingerprint density at radius 3 is 2.18 bits per heavy atom. The first-order chi connectivity index (χ1) is 10.5. The van der Waals surface area contributed by atoms with E-state index in [1.807, 2.05) is 24.3 Å². The smallest absolute Gasteiger partial charge is 0.267 e. The number of benzene rings is 2. The molecule has 112 valence electrons. The fourth-order valence-electron chi connectivity index (χ4n) is 1.69. The van der Waals surface area contributed by atoms with Gasteiger partial charge < -0.3 is 0 Å². The molecular weight excluding hydrogens is 350 g/mol. The van der Waals surface area contributed by atoms with E-state index in [0.29, 0.717) is 11.3 Å². The molecular formula is C15H12BrN3O3. The second-order valence-corrected chi connectivity index (χ2v) is 5.36. The molecule has 7 heteroatoms. The van der Waals surface area contributed by atoms with Crippen LogP contribution in [0.4, 0.5) is 5.69 Å². The van der Waals surface area contributed by atoms with Crippen LogP contribution in [0.25, 0.3) is 0 Å². The summed E-state index contributed by atoms with van der Waals surface area (Å²) in [7, 11) is 0. The van der Waals surface area contributed by atoms with Crippen LogP contribution in [0.2, 0.25) is 0 Å². The molecule has 0 saturated carbocycles. The van der Waals surface area contributed by atoms with Gasteiger partial charge in [0.1, 0.15) is 0 Å². The maximum Gasteiger partial charge on any atom is 0.271 e. The standard InChI is InChI=1S/C15H12BrN3O3/c1-10(11-2-6-13(16)7-3-11)17-18-15(20)12-4-8-14(9-5-12)19(21)22/h2-9H,1H3,(H,18,20)/b17-10+. The summed E-state index contributed by atoms with van der Waals surface area (Å²) >= 11 is 3.35. The molecule has 0 aromatic heterocycles. The number of hydrogen-bond acceptors (Lipinski definition) is 4. The van der Waals surface area contributed by atoms with Gasteiger partial charge in [0.05, 0.1) is 10.6 Å². The van der Waals surface area contributed by atoms with Crippen LogP contribution < -0.4 is 5.43 Å². The number of nitrogens with zero attached hydrogens (tertiary/aromatic N) is 2. The van der Waals surface area contributed by atoms with Gasteiger partial charge in [0.2, 0.25) is 0 Å². The number of non-ortho nitro benzene ring substituents is 1. The summed E-state index contributed by atoms with van der Waals surface area (Å²) in [6, 6.07) is 12.8. The molecule has 0 atom stereocenters. The Labute approximate surface area is 135 Å². The molecule has 0 bridgehead atoms. The summed E-state index contributed by atoms with van der Waals surface area (Å²) < 4.78 is 0.957. The topological polar surface area (TPSA) is 84.6 Å². The van der Waals surface area contributed by atoms with Crippen LogP contribution >= 0.6 is 15.9 Å². The van der Waals surface area contributed by atoms with Crippen LogP contribution in [0.15, 0.2) is 58.1 Å². The molecule has 2 aromatic rings. The lowest BCUT2D eigenvalue weighted by Crippen LogP contribution is -2.19. The Hall–Kier alpha value is -2.54. The first kappa shape index (κ1) is 15.8. The lowest BCUT2D eigenvalue weighted by molar-refractivity contribution is -0.384. The summed E-state index contributed by atoms with van der Waals surface area (Å²) in [5.41, 5.74) is 4.20. The fraction of sp³-hybridized carbons (Fsp3) is 0.0667. The van der Waals surface area contributed by atoms with Crippen molar-refractivity contribution in [3.8, 4) is 0 Å². The molecule has 0 saturated heterocycles. The number of halogens is 1. The molecule has 1 N–H and O–H groups in total. The molecule has 0 unspecified atom stereocenters. The first-order valence-corrected chi connectivity index (χ1v) is 7.11. The van der Waals surface area contributed by atoms with Crippen molar-refractivity contribution in [2.24, 2.45) is 5.10 Å². The second-order valence-electron chi connectivity index (χ2n) is 4.45. The SMILES string of the molecule is C/C(=N\NC(=O)c1ccc([N+](=O)[O-])cc1)c1ccc(Br)cc1. The van der Waals surface area contributed by atoms with Crippen molar-refractivity contribution in [1.82, 2.24) is 5.43 Å². The van der Waals surface area contributed by atoms with E-state index in [9.17, 15) is 14.9 Å². The fourth-order valence-corrected chi connectivity index (χ4v) is 1.95. The van der Waals surface area contributed by atoms with E-state index >= 15 is 0 Å². The van der Waals surface area contributed by atoms with Crippen LogP contribution in [0.1, 0.15) is 22.8 Å². The second kappa shape index (κ2) is 6.95. The lowest BCUT2D eigenvalue weighted by Gasteiger charge is -2.03. The number of nitro benzene ring substituents is 1. The molecule has 0 heterocycles. The third-order valence-corrected chi connectivity index (χ3v) is 3.46. The van der Waals surface area contributed by atoms with Crippen molar-refractivity contribution in [3.05, 3.63) is 74.2 Å². The van der Waals surface area contributed by atoms with Crippen molar-refractivity contribution >= 4 is 33.2 Å². The molecule has 2 rings (SSSR count). The Balaban J connectivity index is 2.06. The van der Waals surface area contributed by atoms with Crippen LogP contribution in [0, 0.1) is 10.1 Å². The van der Waals surface area contributed by atoms with Gasteiger partial charge in [0.15, 0.2) is 0 Å². The number of amides is 1. The molecule has 6 nitrogen and oxygen atoms in total. The van der Waals surface area contributed by atoms with Crippen LogP contribution in [0.3, 0.4) is 0 Å². The normalized spacial score (nSPS) is 11.1. The van der Waals surface area contributed by atoms with Crippen molar-refractivity contribution in [2.75, 3.05) is 0 Å². The minimum absolute atomic E-state index is 0.0638. The number of rotatable bonds is 4. The predicted molar refractivity (Wildman–Crippen MR) is 86.9 cm³/mol. The van der Waals surface area contributed by atoms with Gasteiger partial charge in [0.25, 0.3) is 11.6 Å². The Morgan fingerprint density at radius 1 is 1.09 bits per heavy atom. The molecule has 0 aliphatic carbocycles.